The predicted molar refractivity (Wildman–Crippen MR) is 72.5 cm³/mol. The molecule has 0 aromatic heterocycles. The van der Waals surface area contributed by atoms with E-state index in [4.69, 9.17) is 5.11 Å². The van der Waals surface area contributed by atoms with Crippen LogP contribution < -0.4 is 10.6 Å². The Hall–Kier alpha value is -1.63. The van der Waals surface area contributed by atoms with E-state index < -0.39 is 23.9 Å². The first-order chi connectivity index (χ1) is 8.81. The first-order valence-corrected chi connectivity index (χ1v) is 6.36. The maximum absolute atomic E-state index is 13.5. The Labute approximate surface area is 118 Å². The Kier molecular flexibility index (Phi) is 5.29. The molecule has 0 saturated heterocycles. The van der Waals surface area contributed by atoms with Gasteiger partial charge in [-0.15, -0.1) is 0 Å². The topological polar surface area (TPSA) is 78.4 Å². The van der Waals surface area contributed by atoms with Crippen LogP contribution in [0.3, 0.4) is 0 Å². The summed E-state index contributed by atoms with van der Waals surface area (Å²) in [6.45, 7) is 3.33. The number of aliphatic carboxylic acids is 1. The van der Waals surface area contributed by atoms with E-state index in [2.05, 4.69) is 26.6 Å². The highest BCUT2D eigenvalue weighted by atomic mass is 79.9. The Morgan fingerprint density at radius 3 is 2.47 bits per heavy atom. The Morgan fingerprint density at radius 2 is 2.00 bits per heavy atom. The fraction of sp³-hybridized carbons (Fsp3) is 0.333. The van der Waals surface area contributed by atoms with Crippen LogP contribution in [-0.4, -0.2) is 23.1 Å². The maximum atomic E-state index is 13.5. The monoisotopic (exact) mass is 332 g/mol. The molecule has 0 aliphatic carbocycles. The second kappa shape index (κ2) is 6.51. The summed E-state index contributed by atoms with van der Waals surface area (Å²) in [5.41, 5.74) is -0.0198. The van der Waals surface area contributed by atoms with Gasteiger partial charge in [-0.3, -0.25) is 0 Å². The molecule has 19 heavy (non-hydrogen) atoms. The molecule has 3 N–H and O–H groups in total. The minimum atomic E-state index is -1.14. The van der Waals surface area contributed by atoms with Crippen LogP contribution in [0.4, 0.5) is 14.9 Å². The largest absolute Gasteiger partial charge is 0.480 e. The lowest BCUT2D eigenvalue weighted by atomic mass is 10.1. The molecule has 0 aliphatic rings. The normalized spacial score (nSPS) is 12.1. The number of nitrogens with one attached hydrogen (secondary N) is 2. The number of carbonyl (C=O) groups excluding carboxylic acids is 1. The molecule has 7 heteroatoms. The smallest absolute Gasteiger partial charge is 0.326 e. The highest BCUT2D eigenvalue weighted by Gasteiger charge is 2.23. The summed E-state index contributed by atoms with van der Waals surface area (Å²) in [6, 6.07) is 2.35. The summed E-state index contributed by atoms with van der Waals surface area (Å²) >= 11 is 3.09. The number of anilines is 1. The molecule has 1 aromatic carbocycles. The van der Waals surface area contributed by atoms with Crippen molar-refractivity contribution in [3.05, 3.63) is 28.5 Å². The molecule has 1 atom stereocenters. The summed E-state index contributed by atoms with van der Waals surface area (Å²) < 4.78 is 14.0. The zero-order valence-electron chi connectivity index (χ0n) is 10.4. The predicted octanol–water partition coefficient (Wildman–Crippen LogP) is 2.82. The summed E-state index contributed by atoms with van der Waals surface area (Å²) in [7, 11) is 0. The second-order valence-electron chi connectivity index (χ2n) is 4.28. The van der Waals surface area contributed by atoms with Crippen LogP contribution in [0, 0.1) is 11.7 Å². The average Bonchev–Trinajstić information content (AvgIpc) is 2.29. The van der Waals surface area contributed by atoms with Crippen molar-refractivity contribution in [2.24, 2.45) is 5.92 Å². The number of hydrogen-bond donors (Lipinski definition) is 3. The fourth-order valence-electron chi connectivity index (χ4n) is 1.40. The molecule has 0 unspecified atom stereocenters. The van der Waals surface area contributed by atoms with Crippen molar-refractivity contribution in [3.63, 3.8) is 0 Å². The standard InChI is InChI=1S/C12H14BrFN2O3/c1-6(2)10(11(17)18)16-12(19)15-9-4-3-7(13)5-8(9)14/h3-6,10H,1-2H3,(H,17,18)(H2,15,16,19)/t10-/m0/s1. The molecular weight excluding hydrogens is 319 g/mol. The first-order valence-electron chi connectivity index (χ1n) is 5.56. The lowest BCUT2D eigenvalue weighted by Crippen LogP contribution is -2.46. The maximum Gasteiger partial charge on any atom is 0.326 e. The number of urea groups is 1. The van der Waals surface area contributed by atoms with Gasteiger partial charge in [-0.25, -0.2) is 14.0 Å². The third kappa shape index (κ3) is 4.51. The van der Waals surface area contributed by atoms with Crippen molar-refractivity contribution in [2.75, 3.05) is 5.32 Å². The van der Waals surface area contributed by atoms with E-state index in [1.54, 1.807) is 19.9 Å². The van der Waals surface area contributed by atoms with Gasteiger partial charge < -0.3 is 15.7 Å². The van der Waals surface area contributed by atoms with Crippen LogP contribution in [0.5, 0.6) is 0 Å². The van der Waals surface area contributed by atoms with E-state index in [0.717, 1.165) is 0 Å². The molecule has 0 saturated carbocycles. The zero-order valence-corrected chi connectivity index (χ0v) is 12.0. The van der Waals surface area contributed by atoms with E-state index in [-0.39, 0.29) is 11.6 Å². The summed E-state index contributed by atoms with van der Waals surface area (Å²) in [4.78, 5) is 22.5. The van der Waals surface area contributed by atoms with Crippen LogP contribution in [0.25, 0.3) is 0 Å². The number of carbonyl (C=O) groups is 2. The molecule has 0 heterocycles. The molecular formula is C12H14BrFN2O3. The zero-order chi connectivity index (χ0) is 14.6. The van der Waals surface area contributed by atoms with Gasteiger partial charge in [-0.05, 0) is 24.1 Å². The van der Waals surface area contributed by atoms with E-state index in [0.29, 0.717) is 4.47 Å². The molecule has 0 bridgehead atoms. The number of carboxylic acid groups (broad SMARTS) is 1. The average molecular weight is 333 g/mol. The van der Waals surface area contributed by atoms with Crippen LogP contribution in [0.2, 0.25) is 0 Å². The molecule has 0 fully saturated rings. The van der Waals surface area contributed by atoms with Gasteiger partial charge in [0.15, 0.2) is 0 Å². The minimum absolute atomic E-state index is 0.0198. The van der Waals surface area contributed by atoms with Gasteiger partial charge in [0.05, 0.1) is 5.69 Å². The third-order valence-corrected chi connectivity index (χ3v) is 2.89. The van der Waals surface area contributed by atoms with Crippen molar-refractivity contribution in [1.29, 1.82) is 0 Å². The number of carboxylic acids is 1. The van der Waals surface area contributed by atoms with Crippen molar-refractivity contribution in [3.8, 4) is 0 Å². The van der Waals surface area contributed by atoms with Gasteiger partial charge in [0.2, 0.25) is 0 Å². The molecule has 0 radical (unpaired) electrons. The Morgan fingerprint density at radius 1 is 1.37 bits per heavy atom. The fourth-order valence-corrected chi connectivity index (χ4v) is 1.74. The van der Waals surface area contributed by atoms with Crippen LogP contribution in [-0.2, 0) is 4.79 Å². The summed E-state index contributed by atoms with van der Waals surface area (Å²) in [5, 5.41) is 13.5. The molecule has 5 nitrogen and oxygen atoms in total. The van der Waals surface area contributed by atoms with E-state index in [1.165, 1.54) is 12.1 Å². The lowest BCUT2D eigenvalue weighted by molar-refractivity contribution is -0.140. The highest BCUT2D eigenvalue weighted by Crippen LogP contribution is 2.19. The molecule has 104 valence electrons. The first kappa shape index (κ1) is 15.4. The van der Waals surface area contributed by atoms with Gasteiger partial charge in [-0.2, -0.15) is 0 Å². The number of hydrogen-bond acceptors (Lipinski definition) is 2. The Balaban J connectivity index is 2.72. The number of amides is 2. The quantitative estimate of drug-likeness (QED) is 0.793. The second-order valence-corrected chi connectivity index (χ2v) is 5.20. The van der Waals surface area contributed by atoms with E-state index in [1.807, 2.05) is 0 Å². The SMILES string of the molecule is CC(C)[C@H](NC(=O)Nc1ccc(Br)cc1F)C(=O)O. The van der Waals surface area contributed by atoms with Gasteiger partial charge in [-0.1, -0.05) is 29.8 Å². The van der Waals surface area contributed by atoms with Gasteiger partial charge >= 0.3 is 12.0 Å². The summed E-state index contributed by atoms with van der Waals surface area (Å²) in [5.74, 6) is -2.03. The number of benzene rings is 1. The highest BCUT2D eigenvalue weighted by molar-refractivity contribution is 9.10. The van der Waals surface area contributed by atoms with Gasteiger partial charge in [0.25, 0.3) is 0 Å². The van der Waals surface area contributed by atoms with E-state index in [9.17, 15) is 14.0 Å². The van der Waals surface area contributed by atoms with Crippen molar-refractivity contribution >= 4 is 33.6 Å². The molecule has 0 spiro atoms. The molecule has 1 rings (SSSR count). The number of halogens is 2. The van der Waals surface area contributed by atoms with Gasteiger partial charge in [0.1, 0.15) is 11.9 Å². The molecule has 2 amide bonds. The van der Waals surface area contributed by atoms with Crippen LogP contribution in [0.15, 0.2) is 22.7 Å². The van der Waals surface area contributed by atoms with Crippen molar-refractivity contribution < 1.29 is 19.1 Å². The van der Waals surface area contributed by atoms with Crippen LogP contribution in [0.1, 0.15) is 13.8 Å². The summed E-state index contributed by atoms with van der Waals surface area (Å²) in [6.07, 6.45) is 0. The lowest BCUT2D eigenvalue weighted by Gasteiger charge is -2.18. The van der Waals surface area contributed by atoms with Gasteiger partial charge in [0, 0.05) is 4.47 Å². The van der Waals surface area contributed by atoms with Crippen molar-refractivity contribution in [1.82, 2.24) is 5.32 Å². The van der Waals surface area contributed by atoms with Crippen molar-refractivity contribution in [2.45, 2.75) is 19.9 Å². The Bertz CT molecular complexity index is 494. The van der Waals surface area contributed by atoms with E-state index >= 15 is 0 Å². The molecule has 1 aromatic rings. The number of rotatable bonds is 4. The molecule has 0 aliphatic heterocycles. The third-order valence-electron chi connectivity index (χ3n) is 2.40. The van der Waals surface area contributed by atoms with Crippen LogP contribution >= 0.6 is 15.9 Å². The minimum Gasteiger partial charge on any atom is -0.480 e.